The fraction of sp³-hybridized carbons (Fsp3) is 0.516. The Bertz CT molecular complexity index is 1520. The van der Waals surface area contributed by atoms with Gasteiger partial charge in [0.05, 0.1) is 61.0 Å². The first-order valence-corrected chi connectivity index (χ1v) is 14.6. The largest absolute Gasteiger partial charge is 0.507 e. The number of benzene rings is 2. The number of fused-ring (bicyclic) bond motifs is 3. The van der Waals surface area contributed by atoms with Crippen molar-refractivity contribution in [3.63, 3.8) is 0 Å². The maximum Gasteiger partial charge on any atom is 0.198 e. The lowest BCUT2D eigenvalue weighted by Gasteiger charge is -2.46. The molecule has 4 aliphatic rings. The van der Waals surface area contributed by atoms with Crippen LogP contribution in [0.25, 0.3) is 0 Å². The Morgan fingerprint density at radius 2 is 1.89 bits per heavy atom. The summed E-state index contributed by atoms with van der Waals surface area (Å²) in [4.78, 5) is 28.6. The highest BCUT2D eigenvalue weighted by molar-refractivity contribution is 6.32. The number of aromatic hydroxyl groups is 2. The lowest BCUT2D eigenvalue weighted by atomic mass is 9.71. The van der Waals surface area contributed by atoms with E-state index in [1.54, 1.807) is 19.1 Å². The van der Waals surface area contributed by atoms with Crippen LogP contribution >= 0.6 is 0 Å². The topological polar surface area (TPSA) is 199 Å². The molecule has 0 saturated carbocycles. The number of nitrogens with one attached hydrogen (secondary N) is 1. The van der Waals surface area contributed by atoms with Gasteiger partial charge in [0.25, 0.3) is 0 Å². The molecule has 5 unspecified atom stereocenters. The number of methoxy groups -OCH3 is 1. The van der Waals surface area contributed by atoms with Crippen LogP contribution in [0.4, 0.5) is 0 Å². The molecular weight excluding hydrogens is 576 g/mol. The average Bonchev–Trinajstić information content (AvgIpc) is 3.02. The predicted octanol–water partition coefficient (Wildman–Crippen LogP) is 0.560. The van der Waals surface area contributed by atoms with E-state index < -0.39 is 72.7 Å². The number of Topliss-reactive ketones (excluding diaryl/α,β-unsaturated/α-hetero) is 1. The molecule has 236 valence electrons. The van der Waals surface area contributed by atoms with Crippen molar-refractivity contribution in [1.29, 1.82) is 5.41 Å². The smallest absolute Gasteiger partial charge is 0.198 e. The quantitative estimate of drug-likeness (QED) is 0.212. The molecule has 2 heterocycles. The summed E-state index contributed by atoms with van der Waals surface area (Å²) in [6, 6.07) is 4.27. The van der Waals surface area contributed by atoms with Crippen molar-refractivity contribution in [3.05, 3.63) is 51.6 Å². The fourth-order valence-electron chi connectivity index (χ4n) is 7.01. The first-order chi connectivity index (χ1) is 21.0. The second-order valence-corrected chi connectivity index (χ2v) is 11.8. The Labute approximate surface area is 253 Å². The van der Waals surface area contributed by atoms with Crippen LogP contribution in [0.1, 0.15) is 64.0 Å². The Hall–Kier alpha value is -3.43. The first kappa shape index (κ1) is 30.6. The van der Waals surface area contributed by atoms with Gasteiger partial charge in [0.15, 0.2) is 17.9 Å². The SMILES string of the molecule is COc1cccc2c1C(=N)c1c(O)c3c(c(O)c1C2=O)C[C@@](O)(C(=O)CO)CC3OC1CC(N2CCOCC2)C(O)C(C)O1. The molecule has 0 radical (unpaired) electrons. The highest BCUT2D eigenvalue weighted by Crippen LogP contribution is 2.52. The van der Waals surface area contributed by atoms with Gasteiger partial charge in [0, 0.05) is 55.1 Å². The Morgan fingerprint density at radius 3 is 2.57 bits per heavy atom. The second kappa shape index (κ2) is 11.5. The number of carbonyl (C=O) groups excluding carboxylic acids is 2. The molecule has 6 N–H and O–H groups in total. The molecule has 2 aromatic carbocycles. The fourth-order valence-corrected chi connectivity index (χ4v) is 7.01. The van der Waals surface area contributed by atoms with E-state index in [9.17, 15) is 35.1 Å². The summed E-state index contributed by atoms with van der Waals surface area (Å²) < 4.78 is 23.2. The van der Waals surface area contributed by atoms with Crippen molar-refractivity contribution in [1.82, 2.24) is 4.90 Å². The normalized spacial score (nSPS) is 30.3. The monoisotopic (exact) mass is 612 g/mol. The molecule has 44 heavy (non-hydrogen) atoms. The number of nitrogens with zero attached hydrogens (tertiary/aromatic N) is 1. The standard InChI is InChI=1S/C31H36N2O11/c1-14-27(36)17(33-6-8-42-9-7-33)10-21(43-14)44-19-12-31(40,20(35)13-34)11-16-23(19)30(39)24-25(29(16)38)28(37)15-4-3-5-18(41-2)22(15)26(24)32/h3-5,14,17,19,21,27,32,34,36,38-40H,6-13H2,1-2H3/t14?,17?,19?,21?,27?,31-/m0/s1. The van der Waals surface area contributed by atoms with Crippen molar-refractivity contribution in [2.75, 3.05) is 40.0 Å². The number of morpholine rings is 1. The van der Waals surface area contributed by atoms with E-state index in [4.69, 9.17) is 24.4 Å². The van der Waals surface area contributed by atoms with Gasteiger partial charge in [-0.3, -0.25) is 19.9 Å². The molecule has 0 aromatic heterocycles. The van der Waals surface area contributed by atoms with Crippen molar-refractivity contribution >= 4 is 17.3 Å². The third-order valence-electron chi connectivity index (χ3n) is 9.29. The zero-order chi connectivity index (χ0) is 31.5. The van der Waals surface area contributed by atoms with Gasteiger partial charge in [-0.2, -0.15) is 0 Å². The number of hydrogen-bond acceptors (Lipinski definition) is 13. The number of rotatable bonds is 6. The Kier molecular flexibility index (Phi) is 7.99. The zero-order valence-corrected chi connectivity index (χ0v) is 24.4. The molecule has 0 bridgehead atoms. The summed E-state index contributed by atoms with van der Waals surface area (Å²) >= 11 is 0. The molecule has 2 saturated heterocycles. The maximum atomic E-state index is 13.7. The molecule has 6 atom stereocenters. The van der Waals surface area contributed by atoms with E-state index in [2.05, 4.69) is 4.90 Å². The van der Waals surface area contributed by atoms with E-state index in [-0.39, 0.29) is 57.3 Å². The van der Waals surface area contributed by atoms with E-state index in [1.165, 1.54) is 13.2 Å². The third-order valence-corrected chi connectivity index (χ3v) is 9.29. The molecular formula is C31H36N2O11. The number of ketones is 2. The van der Waals surface area contributed by atoms with E-state index in [0.29, 0.717) is 26.3 Å². The number of ether oxygens (including phenoxy) is 4. The minimum absolute atomic E-state index is 0.00198. The second-order valence-electron chi connectivity index (χ2n) is 11.8. The molecule has 2 aliphatic carbocycles. The van der Waals surface area contributed by atoms with Crippen molar-refractivity contribution in [2.45, 2.75) is 62.4 Å². The third kappa shape index (κ3) is 4.79. The minimum Gasteiger partial charge on any atom is -0.507 e. The number of aliphatic hydroxyl groups excluding tert-OH is 2. The van der Waals surface area contributed by atoms with Gasteiger partial charge >= 0.3 is 0 Å². The lowest BCUT2D eigenvalue weighted by Crippen LogP contribution is -2.58. The van der Waals surface area contributed by atoms with E-state index in [1.807, 2.05) is 0 Å². The first-order valence-electron chi connectivity index (χ1n) is 14.6. The van der Waals surface area contributed by atoms with E-state index >= 15 is 0 Å². The molecule has 0 amide bonds. The van der Waals surface area contributed by atoms with Crippen LogP contribution in [-0.4, -0.2) is 118 Å². The maximum absolute atomic E-state index is 13.7. The van der Waals surface area contributed by atoms with Gasteiger partial charge < -0.3 is 44.5 Å². The number of hydrogen-bond donors (Lipinski definition) is 6. The molecule has 0 spiro atoms. The van der Waals surface area contributed by atoms with E-state index in [0.717, 1.165) is 0 Å². The molecule has 2 aromatic rings. The predicted molar refractivity (Wildman–Crippen MR) is 152 cm³/mol. The molecule has 6 rings (SSSR count). The van der Waals surface area contributed by atoms with Crippen LogP contribution in [0, 0.1) is 5.41 Å². The summed E-state index contributed by atoms with van der Waals surface area (Å²) in [5.74, 6) is -2.49. The highest BCUT2D eigenvalue weighted by atomic mass is 16.7. The summed E-state index contributed by atoms with van der Waals surface area (Å²) in [6.45, 7) is 2.92. The lowest BCUT2D eigenvalue weighted by molar-refractivity contribution is -0.260. The van der Waals surface area contributed by atoms with Crippen molar-refractivity contribution in [3.8, 4) is 17.2 Å². The van der Waals surface area contributed by atoms with Gasteiger partial charge in [0.2, 0.25) is 0 Å². The highest BCUT2D eigenvalue weighted by Gasteiger charge is 2.50. The van der Waals surface area contributed by atoms with Crippen molar-refractivity contribution < 1.29 is 54.1 Å². The summed E-state index contributed by atoms with van der Waals surface area (Å²) in [7, 11) is 1.39. The summed E-state index contributed by atoms with van der Waals surface area (Å²) in [5, 5.41) is 64.4. The Balaban J connectivity index is 1.45. The molecule has 13 nitrogen and oxygen atoms in total. The Morgan fingerprint density at radius 1 is 1.16 bits per heavy atom. The number of aliphatic hydroxyl groups is 3. The van der Waals surface area contributed by atoms with Crippen LogP contribution in [0.5, 0.6) is 17.2 Å². The number of phenolic OH excluding ortho intramolecular Hbond substituents is 2. The average molecular weight is 613 g/mol. The number of carbonyl (C=O) groups is 2. The van der Waals surface area contributed by atoms with Gasteiger partial charge in [-0.15, -0.1) is 0 Å². The van der Waals surface area contributed by atoms with Gasteiger partial charge in [0.1, 0.15) is 29.5 Å². The van der Waals surface area contributed by atoms with Gasteiger partial charge in [-0.05, 0) is 13.0 Å². The summed E-state index contributed by atoms with van der Waals surface area (Å²) in [6.07, 6.45) is -4.43. The van der Waals surface area contributed by atoms with Crippen LogP contribution in [0.3, 0.4) is 0 Å². The van der Waals surface area contributed by atoms with Gasteiger partial charge in [-0.1, -0.05) is 12.1 Å². The van der Waals surface area contributed by atoms with Crippen LogP contribution in [0.15, 0.2) is 18.2 Å². The minimum atomic E-state index is -2.21. The zero-order valence-electron chi connectivity index (χ0n) is 24.4. The van der Waals surface area contributed by atoms with Crippen LogP contribution in [0.2, 0.25) is 0 Å². The summed E-state index contributed by atoms with van der Waals surface area (Å²) in [5.41, 5.74) is -2.92. The van der Waals surface area contributed by atoms with Gasteiger partial charge in [-0.25, -0.2) is 0 Å². The molecule has 2 fully saturated rings. The molecule has 2 aliphatic heterocycles. The van der Waals surface area contributed by atoms with Crippen LogP contribution < -0.4 is 4.74 Å². The van der Waals surface area contributed by atoms with Crippen molar-refractivity contribution in [2.24, 2.45) is 0 Å². The molecule has 13 heteroatoms. The number of phenols is 2. The van der Waals surface area contributed by atoms with Crippen LogP contribution in [-0.2, 0) is 25.4 Å².